The van der Waals surface area contributed by atoms with Crippen molar-refractivity contribution < 1.29 is 94.6 Å². The van der Waals surface area contributed by atoms with E-state index in [1.54, 1.807) is 0 Å². The number of carboxylic acid groups (broad SMARTS) is 1. The summed E-state index contributed by atoms with van der Waals surface area (Å²) in [6.45, 7) is -1.85. The molecule has 3 heterocycles. The average Bonchev–Trinajstić information content (AvgIpc) is 2.96. The van der Waals surface area contributed by atoms with Crippen molar-refractivity contribution in [3.8, 4) is 0 Å². The van der Waals surface area contributed by atoms with E-state index in [-0.39, 0.29) is 0 Å². The van der Waals surface area contributed by atoms with E-state index in [4.69, 9.17) is 23.7 Å². The van der Waals surface area contributed by atoms with Crippen molar-refractivity contribution in [1.82, 2.24) is 5.32 Å². The summed E-state index contributed by atoms with van der Waals surface area (Å²) in [6, 6.07) is -1.54. The summed E-state index contributed by atoms with van der Waals surface area (Å²) in [5.74, 6) is -5.74. The predicted octanol–water partition coefficient (Wildman–Crippen LogP) is -8.22. The fraction of sp³-hybridized carbons (Fsp3) is 0.913. The number of carboxylic acids is 1. The number of rotatable bonds is 11. The van der Waals surface area contributed by atoms with Crippen molar-refractivity contribution in [3.05, 3.63) is 0 Å². The van der Waals surface area contributed by atoms with Gasteiger partial charge in [0, 0.05) is 13.3 Å². The van der Waals surface area contributed by atoms with E-state index in [2.05, 4.69) is 5.32 Å². The molecule has 13 N–H and O–H groups in total. The third kappa shape index (κ3) is 7.41. The lowest BCUT2D eigenvalue weighted by Gasteiger charge is -2.50. The van der Waals surface area contributed by atoms with E-state index in [0.717, 1.165) is 6.92 Å². The Balaban J connectivity index is 1.94. The fourth-order valence-corrected chi connectivity index (χ4v) is 5.16. The van der Waals surface area contributed by atoms with Gasteiger partial charge >= 0.3 is 5.97 Å². The highest BCUT2D eigenvalue weighted by atomic mass is 16.8. The molecule has 3 aliphatic heterocycles. The highest BCUT2D eigenvalue weighted by Gasteiger charge is 2.60. The molecule has 16 atom stereocenters. The minimum absolute atomic E-state index is 0.749. The van der Waals surface area contributed by atoms with Gasteiger partial charge in [-0.2, -0.15) is 0 Å². The van der Waals surface area contributed by atoms with Crippen LogP contribution in [0.2, 0.25) is 0 Å². The largest absolute Gasteiger partial charge is 0.477 e. The number of carbonyl (C=O) groups excluding carboxylic acids is 1. The van der Waals surface area contributed by atoms with Gasteiger partial charge in [-0.15, -0.1) is 0 Å². The van der Waals surface area contributed by atoms with Gasteiger partial charge in [-0.1, -0.05) is 0 Å². The van der Waals surface area contributed by atoms with Crippen molar-refractivity contribution in [3.63, 3.8) is 0 Å². The van der Waals surface area contributed by atoms with E-state index in [9.17, 15) is 70.9 Å². The van der Waals surface area contributed by atoms with Crippen molar-refractivity contribution >= 4 is 11.9 Å². The minimum Gasteiger partial charge on any atom is -0.477 e. The van der Waals surface area contributed by atoms with Gasteiger partial charge in [-0.05, 0) is 0 Å². The zero-order valence-electron chi connectivity index (χ0n) is 22.7. The van der Waals surface area contributed by atoms with Crippen LogP contribution in [0.3, 0.4) is 0 Å². The van der Waals surface area contributed by atoms with Gasteiger partial charge in [0.2, 0.25) is 5.91 Å². The molecule has 0 saturated carbocycles. The predicted molar refractivity (Wildman–Crippen MR) is 130 cm³/mol. The molecular formula is C23H39NO19. The Morgan fingerprint density at radius 2 is 1.53 bits per heavy atom. The van der Waals surface area contributed by atoms with Crippen molar-refractivity contribution in [2.45, 2.75) is 111 Å². The molecule has 3 fully saturated rings. The maximum absolute atomic E-state index is 12.5. The quantitative estimate of drug-likeness (QED) is 0.100. The Hall–Kier alpha value is -1.70. The van der Waals surface area contributed by atoms with Crippen LogP contribution in [0.15, 0.2) is 0 Å². The number of carbonyl (C=O) groups is 2. The number of hydrogen-bond donors (Lipinski definition) is 13. The van der Waals surface area contributed by atoms with Crippen LogP contribution in [0.25, 0.3) is 0 Å². The summed E-state index contributed by atoms with van der Waals surface area (Å²) in [7, 11) is 0. The standard InChI is InChI=1S/C23H39NO19/c1-6(28)24-11-7(29)2-23(22(37)38,42-18(11)12(31)8(30)3-25)43-19-13(32)9(4-26)40-21(16(19)35)41-17-10(5-27)39-20(36)15(34)14(17)33/h7-21,25-27,29-36H,2-5H2,1H3,(H,24,28)(H,37,38)/t7-,8+,9+,10+,11+,12+,13-,14+,15+,16+,17+,18+,19-,20?,21-,23+/m0/s1. The first-order valence-corrected chi connectivity index (χ1v) is 13.2. The molecule has 0 aromatic carbocycles. The maximum Gasteiger partial charge on any atom is 0.364 e. The molecule has 0 aliphatic carbocycles. The molecule has 0 aromatic heterocycles. The smallest absolute Gasteiger partial charge is 0.364 e. The summed E-state index contributed by atoms with van der Waals surface area (Å²) in [5, 5.41) is 124. The number of ether oxygens (including phenoxy) is 5. The second kappa shape index (κ2) is 14.6. The Kier molecular flexibility index (Phi) is 12.1. The number of aliphatic hydroxyl groups is 11. The van der Waals surface area contributed by atoms with E-state index >= 15 is 0 Å². The van der Waals surface area contributed by atoms with Crippen molar-refractivity contribution in [1.29, 1.82) is 0 Å². The number of nitrogens with one attached hydrogen (secondary N) is 1. The van der Waals surface area contributed by atoms with Crippen LogP contribution in [0.5, 0.6) is 0 Å². The van der Waals surface area contributed by atoms with Gasteiger partial charge in [-0.25, -0.2) is 4.79 Å². The van der Waals surface area contributed by atoms with Crippen LogP contribution in [-0.4, -0.2) is 191 Å². The Morgan fingerprint density at radius 3 is 2.07 bits per heavy atom. The van der Waals surface area contributed by atoms with Crippen LogP contribution in [0.4, 0.5) is 0 Å². The highest BCUT2D eigenvalue weighted by Crippen LogP contribution is 2.38. The third-order valence-corrected chi connectivity index (χ3v) is 7.47. The molecule has 1 unspecified atom stereocenters. The van der Waals surface area contributed by atoms with Gasteiger partial charge in [0.1, 0.15) is 67.1 Å². The van der Waals surface area contributed by atoms with E-state index in [1.807, 2.05) is 0 Å². The molecule has 3 aliphatic rings. The molecule has 0 bridgehead atoms. The van der Waals surface area contributed by atoms with Crippen molar-refractivity contribution in [2.75, 3.05) is 19.8 Å². The maximum atomic E-state index is 12.5. The molecular weight excluding hydrogens is 594 g/mol. The summed E-state index contributed by atoms with van der Waals surface area (Å²) >= 11 is 0. The van der Waals surface area contributed by atoms with E-state index in [0.29, 0.717) is 0 Å². The zero-order chi connectivity index (χ0) is 32.4. The number of aliphatic carboxylic acids is 1. The summed E-state index contributed by atoms with van der Waals surface area (Å²) < 4.78 is 26.8. The lowest BCUT2D eigenvalue weighted by Crippen LogP contribution is -2.70. The lowest BCUT2D eigenvalue weighted by molar-refractivity contribution is -0.385. The highest BCUT2D eigenvalue weighted by molar-refractivity contribution is 5.76. The molecule has 20 nitrogen and oxygen atoms in total. The van der Waals surface area contributed by atoms with Crippen LogP contribution in [0.1, 0.15) is 13.3 Å². The number of amides is 1. The van der Waals surface area contributed by atoms with Crippen molar-refractivity contribution in [2.24, 2.45) is 0 Å². The number of aliphatic hydroxyl groups excluding tert-OH is 11. The summed E-state index contributed by atoms with van der Waals surface area (Å²) in [5.41, 5.74) is 0. The zero-order valence-corrected chi connectivity index (χ0v) is 22.7. The van der Waals surface area contributed by atoms with Gasteiger partial charge in [-0.3, -0.25) is 4.79 Å². The lowest BCUT2D eigenvalue weighted by atomic mass is 9.88. The Morgan fingerprint density at radius 1 is 0.907 bits per heavy atom. The molecule has 20 heteroatoms. The van der Waals surface area contributed by atoms with E-state index < -0.39 is 136 Å². The normalized spacial score (nSPS) is 45.3. The second-order valence-electron chi connectivity index (χ2n) is 10.5. The Bertz CT molecular complexity index is 942. The van der Waals surface area contributed by atoms with Crippen LogP contribution >= 0.6 is 0 Å². The molecule has 3 rings (SSSR count). The Labute approximate surface area is 243 Å². The molecule has 0 spiro atoms. The first-order valence-electron chi connectivity index (χ1n) is 13.2. The molecule has 43 heavy (non-hydrogen) atoms. The molecule has 1 amide bonds. The first-order chi connectivity index (χ1) is 20.1. The van der Waals surface area contributed by atoms with Crippen LogP contribution < -0.4 is 5.32 Å². The molecule has 0 aromatic rings. The van der Waals surface area contributed by atoms with Gasteiger partial charge in [0.05, 0.1) is 32.0 Å². The van der Waals surface area contributed by atoms with E-state index in [1.165, 1.54) is 0 Å². The SMILES string of the molecule is CC(=O)N[C@H]1[C@H]([C@H](O)[C@H](O)CO)O[C@](O[C@H]2[C@@H](O)[C@@H](CO)O[C@@H](O[C@H]3[C@H](O)[C@@H](O)C(O)O[C@@H]3CO)[C@@H]2O)(C(=O)O)C[C@@H]1O. The summed E-state index contributed by atoms with van der Waals surface area (Å²) in [6.07, 6.45) is -27.8. The summed E-state index contributed by atoms with van der Waals surface area (Å²) in [4.78, 5) is 24.3. The molecule has 0 radical (unpaired) electrons. The van der Waals surface area contributed by atoms with Gasteiger partial charge in [0.15, 0.2) is 12.6 Å². The van der Waals surface area contributed by atoms with Gasteiger partial charge in [0.25, 0.3) is 5.79 Å². The second-order valence-corrected chi connectivity index (χ2v) is 10.5. The molecule has 250 valence electrons. The third-order valence-electron chi connectivity index (χ3n) is 7.47. The monoisotopic (exact) mass is 633 g/mol. The van der Waals surface area contributed by atoms with Crippen LogP contribution in [0, 0.1) is 0 Å². The topological polar surface area (TPSA) is 335 Å². The average molecular weight is 634 g/mol. The van der Waals surface area contributed by atoms with Gasteiger partial charge < -0.3 is 90.3 Å². The minimum atomic E-state index is -3.02. The number of hydrogen-bond acceptors (Lipinski definition) is 18. The molecule has 3 saturated heterocycles. The first kappa shape index (κ1) is 35.8. The fourth-order valence-electron chi connectivity index (χ4n) is 5.16. The van der Waals surface area contributed by atoms with Crippen LogP contribution in [-0.2, 0) is 33.3 Å².